The summed E-state index contributed by atoms with van der Waals surface area (Å²) >= 11 is 0. The highest BCUT2D eigenvalue weighted by Crippen LogP contribution is 2.22. The zero-order valence-electron chi connectivity index (χ0n) is 12.0. The number of carbonyl (C=O) groups is 2. The van der Waals surface area contributed by atoms with Crippen LogP contribution in [0.3, 0.4) is 0 Å². The largest absolute Gasteiger partial charge is 0.573 e. The lowest BCUT2D eigenvalue weighted by molar-refractivity contribution is -0.274. The SMILES string of the molecule is CC[C@H](C)[C@H](NC(=O)c1ccc(OC(F)(F)F)cc1)C(=O)O. The molecule has 0 heterocycles. The molecule has 122 valence electrons. The Hall–Kier alpha value is -2.25. The molecule has 0 bridgehead atoms. The standard InChI is InChI=1S/C14H16F3NO4/c1-3-8(2)11(13(20)21)18-12(19)9-4-6-10(7-5-9)22-14(15,16)17/h4-8,11H,3H2,1-2H3,(H,18,19)(H,20,21)/t8-,11-/m0/s1. The summed E-state index contributed by atoms with van der Waals surface area (Å²) < 4.78 is 39.8. The van der Waals surface area contributed by atoms with Crippen LogP contribution in [0, 0.1) is 5.92 Å². The van der Waals surface area contributed by atoms with Crippen LogP contribution in [0.1, 0.15) is 30.6 Å². The predicted octanol–water partition coefficient (Wildman–Crippen LogP) is 2.81. The zero-order chi connectivity index (χ0) is 16.9. The van der Waals surface area contributed by atoms with Gasteiger partial charge in [0.25, 0.3) is 5.91 Å². The van der Waals surface area contributed by atoms with E-state index in [-0.39, 0.29) is 11.5 Å². The minimum absolute atomic E-state index is 0.0454. The summed E-state index contributed by atoms with van der Waals surface area (Å²) in [5, 5.41) is 11.4. The fourth-order valence-electron chi connectivity index (χ4n) is 1.72. The molecule has 22 heavy (non-hydrogen) atoms. The number of benzene rings is 1. The van der Waals surface area contributed by atoms with Gasteiger partial charge in [-0.05, 0) is 30.2 Å². The summed E-state index contributed by atoms with van der Waals surface area (Å²) in [6, 6.07) is 3.17. The number of carboxylic acids is 1. The van der Waals surface area contributed by atoms with Crippen molar-refractivity contribution in [2.75, 3.05) is 0 Å². The van der Waals surface area contributed by atoms with Gasteiger partial charge in [0.2, 0.25) is 0 Å². The molecule has 2 N–H and O–H groups in total. The van der Waals surface area contributed by atoms with Crippen molar-refractivity contribution in [1.82, 2.24) is 5.32 Å². The molecule has 0 saturated heterocycles. The van der Waals surface area contributed by atoms with Gasteiger partial charge in [-0.3, -0.25) is 4.79 Å². The predicted molar refractivity (Wildman–Crippen MR) is 71.5 cm³/mol. The first-order chi connectivity index (χ1) is 10.1. The van der Waals surface area contributed by atoms with Gasteiger partial charge in [-0.25, -0.2) is 4.79 Å². The Kier molecular flexibility index (Phi) is 5.78. The van der Waals surface area contributed by atoms with Crippen LogP contribution in [-0.2, 0) is 4.79 Å². The first-order valence-corrected chi connectivity index (χ1v) is 6.53. The first kappa shape index (κ1) is 17.8. The molecule has 0 aliphatic carbocycles. The maximum atomic E-state index is 12.0. The van der Waals surface area contributed by atoms with Gasteiger partial charge in [-0.15, -0.1) is 13.2 Å². The van der Waals surface area contributed by atoms with Crippen molar-refractivity contribution in [2.45, 2.75) is 32.7 Å². The van der Waals surface area contributed by atoms with Crippen molar-refractivity contribution in [1.29, 1.82) is 0 Å². The van der Waals surface area contributed by atoms with Crippen LogP contribution in [0.15, 0.2) is 24.3 Å². The number of alkyl halides is 3. The van der Waals surface area contributed by atoms with Gasteiger partial charge < -0.3 is 15.2 Å². The monoisotopic (exact) mass is 319 g/mol. The van der Waals surface area contributed by atoms with E-state index in [4.69, 9.17) is 5.11 Å². The molecule has 1 aromatic carbocycles. The van der Waals surface area contributed by atoms with Gasteiger partial charge in [-0.1, -0.05) is 20.3 Å². The first-order valence-electron chi connectivity index (χ1n) is 6.53. The Bertz CT molecular complexity index is 528. The average Bonchev–Trinajstić information content (AvgIpc) is 2.42. The number of ether oxygens (including phenoxy) is 1. The third-order valence-electron chi connectivity index (χ3n) is 3.12. The molecule has 0 fully saturated rings. The highest BCUT2D eigenvalue weighted by atomic mass is 19.4. The van der Waals surface area contributed by atoms with E-state index >= 15 is 0 Å². The van der Waals surface area contributed by atoms with Crippen LogP contribution >= 0.6 is 0 Å². The van der Waals surface area contributed by atoms with Gasteiger partial charge in [0.1, 0.15) is 11.8 Å². The van der Waals surface area contributed by atoms with E-state index in [1.807, 2.05) is 0 Å². The number of halogens is 3. The highest BCUT2D eigenvalue weighted by Gasteiger charge is 2.31. The normalized spacial score (nSPS) is 14.0. The molecule has 0 aliphatic rings. The lowest BCUT2D eigenvalue weighted by Crippen LogP contribution is -2.45. The molecule has 8 heteroatoms. The number of hydrogen-bond donors (Lipinski definition) is 2. The van der Waals surface area contributed by atoms with Crippen LogP contribution < -0.4 is 10.1 Å². The van der Waals surface area contributed by atoms with Crippen molar-refractivity contribution < 1.29 is 32.6 Å². The van der Waals surface area contributed by atoms with Gasteiger partial charge in [0, 0.05) is 5.56 Å². The van der Waals surface area contributed by atoms with E-state index in [0.717, 1.165) is 24.3 Å². The zero-order valence-corrected chi connectivity index (χ0v) is 12.0. The van der Waals surface area contributed by atoms with Gasteiger partial charge in [0.15, 0.2) is 0 Å². The molecule has 0 spiro atoms. The Labute approximate surface area is 125 Å². The summed E-state index contributed by atoms with van der Waals surface area (Å²) in [7, 11) is 0. The molecule has 1 aromatic rings. The molecule has 1 rings (SSSR count). The Morgan fingerprint density at radius 1 is 1.27 bits per heavy atom. The van der Waals surface area contributed by atoms with Crippen molar-refractivity contribution in [3.8, 4) is 5.75 Å². The van der Waals surface area contributed by atoms with Crippen LogP contribution in [0.5, 0.6) is 5.75 Å². The lowest BCUT2D eigenvalue weighted by atomic mass is 9.99. The van der Waals surface area contributed by atoms with Crippen molar-refractivity contribution in [3.05, 3.63) is 29.8 Å². The van der Waals surface area contributed by atoms with Crippen LogP contribution in [0.4, 0.5) is 13.2 Å². The van der Waals surface area contributed by atoms with Gasteiger partial charge >= 0.3 is 12.3 Å². The number of aliphatic carboxylic acids is 1. The molecule has 0 saturated carbocycles. The summed E-state index contributed by atoms with van der Waals surface area (Å²) in [6.45, 7) is 3.47. The minimum Gasteiger partial charge on any atom is -0.480 e. The second-order valence-electron chi connectivity index (χ2n) is 4.75. The third-order valence-corrected chi connectivity index (χ3v) is 3.12. The smallest absolute Gasteiger partial charge is 0.480 e. The summed E-state index contributed by atoms with van der Waals surface area (Å²) in [5.74, 6) is -2.58. The van der Waals surface area contributed by atoms with Gasteiger partial charge in [0.05, 0.1) is 0 Å². The molecule has 0 radical (unpaired) electrons. The van der Waals surface area contributed by atoms with Crippen LogP contribution in [-0.4, -0.2) is 29.4 Å². The molecule has 5 nitrogen and oxygen atoms in total. The highest BCUT2D eigenvalue weighted by molar-refractivity contribution is 5.96. The van der Waals surface area contributed by atoms with E-state index in [1.165, 1.54) is 0 Å². The van der Waals surface area contributed by atoms with Crippen molar-refractivity contribution in [3.63, 3.8) is 0 Å². The maximum absolute atomic E-state index is 12.0. The number of hydrogen-bond acceptors (Lipinski definition) is 3. The second kappa shape index (κ2) is 7.15. The Balaban J connectivity index is 2.79. The summed E-state index contributed by atoms with van der Waals surface area (Å²) in [5.41, 5.74) is 0.0454. The second-order valence-corrected chi connectivity index (χ2v) is 4.75. The molecule has 0 unspecified atom stereocenters. The van der Waals surface area contributed by atoms with E-state index < -0.39 is 30.0 Å². The van der Waals surface area contributed by atoms with E-state index in [9.17, 15) is 22.8 Å². The van der Waals surface area contributed by atoms with E-state index in [0.29, 0.717) is 6.42 Å². The van der Waals surface area contributed by atoms with Crippen molar-refractivity contribution in [2.24, 2.45) is 5.92 Å². The van der Waals surface area contributed by atoms with Crippen molar-refractivity contribution >= 4 is 11.9 Å². The summed E-state index contributed by atoms with van der Waals surface area (Å²) in [4.78, 5) is 23.1. The number of carboxylic acid groups (broad SMARTS) is 1. The van der Waals surface area contributed by atoms with Crippen LogP contribution in [0.25, 0.3) is 0 Å². The summed E-state index contributed by atoms with van der Waals surface area (Å²) in [6.07, 6.45) is -4.26. The van der Waals surface area contributed by atoms with Gasteiger partial charge in [-0.2, -0.15) is 0 Å². The maximum Gasteiger partial charge on any atom is 0.573 e. The fraction of sp³-hybridized carbons (Fsp3) is 0.429. The number of carbonyl (C=O) groups excluding carboxylic acids is 1. The quantitative estimate of drug-likeness (QED) is 0.845. The van der Waals surface area contributed by atoms with E-state index in [1.54, 1.807) is 13.8 Å². The lowest BCUT2D eigenvalue weighted by Gasteiger charge is -2.20. The topological polar surface area (TPSA) is 75.6 Å². The molecule has 1 amide bonds. The Morgan fingerprint density at radius 2 is 1.82 bits per heavy atom. The molecular weight excluding hydrogens is 303 g/mol. The molecular formula is C14H16F3NO4. The average molecular weight is 319 g/mol. The number of rotatable bonds is 6. The van der Waals surface area contributed by atoms with E-state index in [2.05, 4.69) is 10.1 Å². The molecule has 0 aromatic heterocycles. The Morgan fingerprint density at radius 3 is 2.23 bits per heavy atom. The van der Waals surface area contributed by atoms with Crippen LogP contribution in [0.2, 0.25) is 0 Å². The fourth-order valence-corrected chi connectivity index (χ4v) is 1.72. The number of amides is 1. The number of nitrogens with one attached hydrogen (secondary N) is 1. The molecule has 2 atom stereocenters. The third kappa shape index (κ3) is 5.27. The molecule has 0 aliphatic heterocycles. The minimum atomic E-state index is -4.81.